The maximum atomic E-state index is 14.2. The van der Waals surface area contributed by atoms with Gasteiger partial charge < -0.3 is 25.8 Å². The molecular formula is C25H24F6N6O4. The highest BCUT2D eigenvalue weighted by Gasteiger charge is 2.45. The van der Waals surface area contributed by atoms with Gasteiger partial charge in [0.25, 0.3) is 0 Å². The molecule has 0 aliphatic carbocycles. The van der Waals surface area contributed by atoms with Crippen LogP contribution in [0.1, 0.15) is 18.4 Å². The van der Waals surface area contributed by atoms with Crippen molar-refractivity contribution >= 4 is 23.6 Å². The molecule has 2 saturated heterocycles. The van der Waals surface area contributed by atoms with Gasteiger partial charge in [0.05, 0.1) is 18.4 Å². The van der Waals surface area contributed by atoms with E-state index in [0.29, 0.717) is 30.5 Å². The highest BCUT2D eigenvalue weighted by atomic mass is 19.4. The number of nitrogens with two attached hydrogens (primary N) is 1. The number of ether oxygens (including phenoxy) is 1. The lowest BCUT2D eigenvalue weighted by molar-refractivity contribution is -0.192. The number of carbonyl (C=O) groups is 2. The Bertz CT molecular complexity index is 1430. The Hall–Kier alpha value is -4.50. The molecule has 5 rings (SSSR count). The fourth-order valence-electron chi connectivity index (χ4n) is 4.67. The zero-order valence-electron chi connectivity index (χ0n) is 21.4. The molecule has 0 unspecified atom stereocenters. The Morgan fingerprint density at radius 3 is 2.10 bits per heavy atom. The van der Waals surface area contributed by atoms with Gasteiger partial charge in [-0.15, -0.1) is 0 Å². The highest BCUT2D eigenvalue weighted by Crippen LogP contribution is 2.46. The minimum Gasteiger partial charge on any atom is -0.475 e. The predicted octanol–water partition coefficient (Wildman–Crippen LogP) is 4.46. The minimum atomic E-state index is -5.08. The average Bonchev–Trinajstić information content (AvgIpc) is 3.49. The standard InChI is InChI=1S/C23H23F3N6O2.C2HF3O2/c1-31-12-16(10-30-31)14-2-4-15(5-3-14)17-11-28-20(27)18(23(24,25)26)19(17)32-8-6-22(7-9-32)13-29-21(33)34-22;3-2(4,5)1(6)7/h2-5,10-12H,6-9,13H2,1H3,(H2,27,28)(H,29,33);(H,6,7). The van der Waals surface area contributed by atoms with Crippen LogP contribution in [0.3, 0.4) is 0 Å². The van der Waals surface area contributed by atoms with Gasteiger partial charge in [0.1, 0.15) is 17.0 Å². The number of benzene rings is 1. The van der Waals surface area contributed by atoms with Crippen LogP contribution < -0.4 is 16.0 Å². The quantitative estimate of drug-likeness (QED) is 0.383. The predicted molar refractivity (Wildman–Crippen MR) is 134 cm³/mol. The maximum absolute atomic E-state index is 14.2. The molecule has 1 aromatic carbocycles. The van der Waals surface area contributed by atoms with Gasteiger partial charge in [-0.2, -0.15) is 31.4 Å². The summed E-state index contributed by atoms with van der Waals surface area (Å²) in [6.45, 7) is 0.914. The number of carboxylic acids is 1. The fourth-order valence-corrected chi connectivity index (χ4v) is 4.67. The second-order valence-corrected chi connectivity index (χ2v) is 9.47. The van der Waals surface area contributed by atoms with Crippen LogP contribution in [0, 0.1) is 0 Å². The van der Waals surface area contributed by atoms with Crippen LogP contribution in [-0.2, 0) is 22.8 Å². The summed E-state index contributed by atoms with van der Waals surface area (Å²) in [7, 11) is 1.81. The first-order valence-electron chi connectivity index (χ1n) is 12.1. The molecule has 0 saturated carbocycles. The van der Waals surface area contributed by atoms with E-state index >= 15 is 0 Å². The summed E-state index contributed by atoms with van der Waals surface area (Å²) in [5.41, 5.74) is 6.86. The number of pyridine rings is 1. The number of hydrogen-bond acceptors (Lipinski definition) is 7. The molecule has 10 nitrogen and oxygen atoms in total. The van der Waals surface area contributed by atoms with E-state index in [1.54, 1.807) is 27.9 Å². The molecule has 0 atom stereocenters. The maximum Gasteiger partial charge on any atom is 0.490 e. The number of nitrogens with one attached hydrogen (secondary N) is 1. The van der Waals surface area contributed by atoms with Crippen LogP contribution in [0.15, 0.2) is 42.9 Å². The monoisotopic (exact) mass is 586 g/mol. The molecule has 16 heteroatoms. The molecule has 4 N–H and O–H groups in total. The SMILES string of the molecule is Cn1cc(-c2ccc(-c3cnc(N)c(C(F)(F)F)c3N3CCC4(CC3)CNC(=O)O4)cc2)cn1.O=C(O)C(F)(F)F. The number of anilines is 2. The molecule has 2 aliphatic heterocycles. The number of aromatic nitrogens is 3. The lowest BCUT2D eigenvalue weighted by Crippen LogP contribution is -2.47. The van der Waals surface area contributed by atoms with E-state index in [1.807, 2.05) is 25.4 Å². The molecule has 0 bridgehead atoms. The number of rotatable bonds is 3. The van der Waals surface area contributed by atoms with E-state index < -0.39 is 41.4 Å². The van der Waals surface area contributed by atoms with Crippen molar-refractivity contribution in [3.63, 3.8) is 0 Å². The number of carbonyl (C=O) groups excluding carboxylic acids is 1. The molecule has 2 fully saturated rings. The van der Waals surface area contributed by atoms with E-state index in [2.05, 4.69) is 15.4 Å². The van der Waals surface area contributed by atoms with E-state index in [1.165, 1.54) is 6.20 Å². The number of hydrogen-bond donors (Lipinski definition) is 3. The van der Waals surface area contributed by atoms with Crippen LogP contribution in [0.2, 0.25) is 0 Å². The number of halogens is 6. The number of carboxylic acid groups (broad SMARTS) is 1. The number of nitrogen functional groups attached to an aromatic ring is 1. The van der Waals surface area contributed by atoms with Gasteiger partial charge in [-0.3, -0.25) is 4.68 Å². The number of alkyl carbamates (subject to hydrolysis) is 1. The van der Waals surface area contributed by atoms with Crippen LogP contribution in [0.4, 0.5) is 42.6 Å². The largest absolute Gasteiger partial charge is 0.490 e. The van der Waals surface area contributed by atoms with Gasteiger partial charge >= 0.3 is 24.4 Å². The zero-order chi connectivity index (χ0) is 30.2. The van der Waals surface area contributed by atoms with Gasteiger partial charge in [-0.05, 0) is 11.1 Å². The number of aryl methyl sites for hydroxylation is 1. The molecule has 0 radical (unpaired) electrons. The molecule has 41 heavy (non-hydrogen) atoms. The van der Waals surface area contributed by atoms with Gasteiger partial charge in [-0.25, -0.2) is 14.6 Å². The fraction of sp³-hybridized carbons (Fsp3) is 0.360. The third kappa shape index (κ3) is 6.47. The van der Waals surface area contributed by atoms with Crippen LogP contribution in [-0.4, -0.2) is 63.3 Å². The smallest absolute Gasteiger partial charge is 0.475 e. The van der Waals surface area contributed by atoms with Crippen LogP contribution in [0.5, 0.6) is 0 Å². The van der Waals surface area contributed by atoms with Crippen molar-refractivity contribution in [1.82, 2.24) is 20.1 Å². The van der Waals surface area contributed by atoms with Gasteiger partial charge in [-0.1, -0.05) is 24.3 Å². The number of aliphatic carboxylic acids is 1. The Morgan fingerprint density at radius 1 is 1.05 bits per heavy atom. The molecule has 1 spiro atoms. The Kier molecular flexibility index (Phi) is 7.78. The van der Waals surface area contributed by atoms with Crippen molar-refractivity contribution in [3.05, 3.63) is 48.4 Å². The number of piperidine rings is 1. The van der Waals surface area contributed by atoms with Crippen molar-refractivity contribution in [2.24, 2.45) is 7.05 Å². The molecular weight excluding hydrogens is 562 g/mol. The van der Waals surface area contributed by atoms with Crippen molar-refractivity contribution in [2.45, 2.75) is 30.8 Å². The first-order valence-corrected chi connectivity index (χ1v) is 12.1. The molecule has 2 aromatic heterocycles. The second kappa shape index (κ2) is 10.8. The lowest BCUT2D eigenvalue weighted by atomic mass is 9.90. The van der Waals surface area contributed by atoms with Crippen molar-refractivity contribution in [2.75, 3.05) is 30.3 Å². The highest BCUT2D eigenvalue weighted by molar-refractivity contribution is 5.84. The lowest BCUT2D eigenvalue weighted by Gasteiger charge is -2.40. The molecule has 4 heterocycles. The van der Waals surface area contributed by atoms with Gasteiger partial charge in [0.2, 0.25) is 0 Å². The molecule has 220 valence electrons. The van der Waals surface area contributed by atoms with Crippen LogP contribution >= 0.6 is 0 Å². The number of nitrogens with zero attached hydrogens (tertiary/aromatic N) is 4. The third-order valence-corrected chi connectivity index (χ3v) is 6.70. The summed E-state index contributed by atoms with van der Waals surface area (Å²) < 4.78 is 81.3. The first-order chi connectivity index (χ1) is 19.1. The second-order valence-electron chi connectivity index (χ2n) is 9.47. The van der Waals surface area contributed by atoms with Crippen LogP contribution in [0.25, 0.3) is 22.3 Å². The first kappa shape index (κ1) is 29.5. The van der Waals surface area contributed by atoms with Crippen molar-refractivity contribution < 1.29 is 45.8 Å². The minimum absolute atomic E-state index is 0.00117. The van der Waals surface area contributed by atoms with Gasteiger partial charge in [0, 0.05) is 56.5 Å². The Labute approximate surface area is 228 Å². The van der Waals surface area contributed by atoms with E-state index in [4.69, 9.17) is 20.4 Å². The van der Waals surface area contributed by atoms with E-state index in [9.17, 15) is 31.1 Å². The summed E-state index contributed by atoms with van der Waals surface area (Å²) >= 11 is 0. The van der Waals surface area contributed by atoms with Crippen molar-refractivity contribution in [3.8, 4) is 22.3 Å². The molecule has 1 amide bonds. The molecule has 2 aliphatic rings. The summed E-state index contributed by atoms with van der Waals surface area (Å²) in [5, 5.41) is 13.9. The van der Waals surface area contributed by atoms with E-state index in [-0.39, 0.29) is 18.8 Å². The van der Waals surface area contributed by atoms with E-state index in [0.717, 1.165) is 11.1 Å². The summed E-state index contributed by atoms with van der Waals surface area (Å²) in [5.74, 6) is -3.32. The zero-order valence-corrected chi connectivity index (χ0v) is 21.4. The topological polar surface area (TPSA) is 136 Å². The third-order valence-electron chi connectivity index (χ3n) is 6.70. The molecule has 3 aromatic rings. The van der Waals surface area contributed by atoms with Crippen molar-refractivity contribution in [1.29, 1.82) is 0 Å². The average molecular weight is 586 g/mol. The Balaban J connectivity index is 0.000000493. The summed E-state index contributed by atoms with van der Waals surface area (Å²) in [4.78, 5) is 26.0. The Morgan fingerprint density at radius 2 is 1.63 bits per heavy atom. The number of alkyl halides is 6. The van der Waals surface area contributed by atoms with Gasteiger partial charge in [0.15, 0.2) is 0 Å². The summed E-state index contributed by atoms with van der Waals surface area (Å²) in [6.07, 6.45) is -4.47. The number of amides is 1. The summed E-state index contributed by atoms with van der Waals surface area (Å²) in [6, 6.07) is 7.23. The normalized spacial score (nSPS) is 16.6.